The Morgan fingerprint density at radius 2 is 2.12 bits per heavy atom. The van der Waals surface area contributed by atoms with E-state index in [4.69, 9.17) is 6.42 Å². The van der Waals surface area contributed by atoms with Crippen molar-refractivity contribution in [1.29, 1.82) is 0 Å². The largest absolute Gasteiger partial charge is 0.309 e. The summed E-state index contributed by atoms with van der Waals surface area (Å²) in [4.78, 5) is 0. The van der Waals surface area contributed by atoms with Gasteiger partial charge in [-0.15, -0.1) is 18.2 Å². The lowest BCUT2D eigenvalue weighted by molar-refractivity contribution is 0.540. The SMILES string of the molecule is C#CCSCCNC(CC)c1ccccc1. The highest BCUT2D eigenvalue weighted by Gasteiger charge is 2.06. The first-order valence-electron chi connectivity index (χ1n) is 5.68. The molecule has 0 aliphatic carbocycles. The molecule has 0 aliphatic heterocycles. The first kappa shape index (κ1) is 13.2. The van der Waals surface area contributed by atoms with Crippen molar-refractivity contribution in [3.8, 4) is 12.3 Å². The van der Waals surface area contributed by atoms with E-state index >= 15 is 0 Å². The highest BCUT2D eigenvalue weighted by Crippen LogP contribution is 2.15. The minimum absolute atomic E-state index is 0.465. The molecule has 1 aromatic carbocycles. The summed E-state index contributed by atoms with van der Waals surface area (Å²) in [6.07, 6.45) is 6.31. The summed E-state index contributed by atoms with van der Waals surface area (Å²) in [5.74, 6) is 4.52. The fourth-order valence-electron chi connectivity index (χ4n) is 1.62. The summed E-state index contributed by atoms with van der Waals surface area (Å²) in [6.45, 7) is 3.22. The second-order valence-electron chi connectivity index (χ2n) is 3.58. The number of benzene rings is 1. The Morgan fingerprint density at radius 3 is 2.75 bits per heavy atom. The summed E-state index contributed by atoms with van der Waals surface area (Å²) in [5, 5.41) is 3.56. The maximum absolute atomic E-state index is 5.20. The molecular weight excluding hydrogens is 214 g/mol. The summed E-state index contributed by atoms with van der Waals surface area (Å²) >= 11 is 1.80. The molecule has 0 radical (unpaired) electrons. The Labute approximate surface area is 103 Å². The second-order valence-corrected chi connectivity index (χ2v) is 4.69. The average molecular weight is 233 g/mol. The molecule has 1 atom stereocenters. The number of thioether (sulfide) groups is 1. The van der Waals surface area contributed by atoms with Crippen LogP contribution in [-0.4, -0.2) is 18.1 Å². The predicted octanol–water partition coefficient (Wildman–Crippen LogP) is 3.09. The van der Waals surface area contributed by atoms with Gasteiger partial charge in [-0.25, -0.2) is 0 Å². The van der Waals surface area contributed by atoms with Gasteiger partial charge in [-0.2, -0.15) is 0 Å². The molecule has 1 unspecified atom stereocenters. The number of hydrogen-bond donors (Lipinski definition) is 1. The highest BCUT2D eigenvalue weighted by molar-refractivity contribution is 7.99. The lowest BCUT2D eigenvalue weighted by Gasteiger charge is -2.17. The van der Waals surface area contributed by atoms with E-state index in [2.05, 4.69) is 48.5 Å². The van der Waals surface area contributed by atoms with Crippen molar-refractivity contribution in [3.05, 3.63) is 35.9 Å². The van der Waals surface area contributed by atoms with E-state index in [1.54, 1.807) is 11.8 Å². The third-order valence-corrected chi connectivity index (χ3v) is 3.30. The van der Waals surface area contributed by atoms with Crippen LogP contribution in [0.25, 0.3) is 0 Å². The van der Waals surface area contributed by atoms with Gasteiger partial charge in [-0.1, -0.05) is 43.2 Å². The fourth-order valence-corrected chi connectivity index (χ4v) is 2.14. The third kappa shape index (κ3) is 4.74. The van der Waals surface area contributed by atoms with Gasteiger partial charge >= 0.3 is 0 Å². The quantitative estimate of drug-likeness (QED) is 0.574. The average Bonchev–Trinajstić information content (AvgIpc) is 2.35. The summed E-state index contributed by atoms with van der Waals surface area (Å²) in [5.41, 5.74) is 1.37. The van der Waals surface area contributed by atoms with Gasteiger partial charge in [-0.3, -0.25) is 0 Å². The molecule has 0 aromatic heterocycles. The van der Waals surface area contributed by atoms with Crippen molar-refractivity contribution in [3.63, 3.8) is 0 Å². The Bertz CT molecular complexity index is 315. The molecule has 86 valence electrons. The van der Waals surface area contributed by atoms with Crippen LogP contribution in [0.5, 0.6) is 0 Å². The normalized spacial score (nSPS) is 12.0. The van der Waals surface area contributed by atoms with Gasteiger partial charge in [0.05, 0.1) is 5.75 Å². The number of hydrogen-bond acceptors (Lipinski definition) is 2. The monoisotopic (exact) mass is 233 g/mol. The fraction of sp³-hybridized carbons (Fsp3) is 0.429. The lowest BCUT2D eigenvalue weighted by atomic mass is 10.1. The third-order valence-electron chi connectivity index (χ3n) is 2.43. The maximum Gasteiger partial charge on any atom is 0.0545 e. The Kier molecular flexibility index (Phi) is 6.80. The molecule has 0 amide bonds. The van der Waals surface area contributed by atoms with Gasteiger partial charge in [0.1, 0.15) is 0 Å². The van der Waals surface area contributed by atoms with Crippen LogP contribution < -0.4 is 5.32 Å². The van der Waals surface area contributed by atoms with Crippen LogP contribution in [0.2, 0.25) is 0 Å². The molecule has 1 nitrogen and oxygen atoms in total. The first-order chi connectivity index (χ1) is 7.88. The number of terminal acetylenes is 1. The molecule has 1 rings (SSSR count). The van der Waals surface area contributed by atoms with E-state index in [1.165, 1.54) is 5.56 Å². The molecule has 0 aliphatic rings. The molecule has 1 N–H and O–H groups in total. The summed E-state index contributed by atoms with van der Waals surface area (Å²) < 4.78 is 0. The zero-order valence-corrected chi connectivity index (χ0v) is 10.6. The van der Waals surface area contributed by atoms with E-state index in [-0.39, 0.29) is 0 Å². The van der Waals surface area contributed by atoms with E-state index in [1.807, 2.05) is 0 Å². The van der Waals surface area contributed by atoms with E-state index in [9.17, 15) is 0 Å². The van der Waals surface area contributed by atoms with Crippen LogP contribution in [0.15, 0.2) is 30.3 Å². The molecular formula is C14H19NS. The van der Waals surface area contributed by atoms with E-state index in [0.29, 0.717) is 6.04 Å². The molecule has 0 bridgehead atoms. The molecule has 16 heavy (non-hydrogen) atoms. The highest BCUT2D eigenvalue weighted by atomic mass is 32.2. The van der Waals surface area contributed by atoms with E-state index < -0.39 is 0 Å². The molecule has 0 spiro atoms. The smallest absolute Gasteiger partial charge is 0.0545 e. The second kappa shape index (κ2) is 8.27. The Hall–Kier alpha value is -0.910. The van der Waals surface area contributed by atoms with Crippen molar-refractivity contribution in [2.24, 2.45) is 0 Å². The standard InChI is InChI=1S/C14H19NS/c1-3-11-16-12-10-15-14(4-2)13-8-6-5-7-9-13/h1,5-9,14-15H,4,10-12H2,2H3. The van der Waals surface area contributed by atoms with Crippen molar-refractivity contribution in [1.82, 2.24) is 5.32 Å². The van der Waals surface area contributed by atoms with Crippen LogP contribution in [0.3, 0.4) is 0 Å². The van der Waals surface area contributed by atoms with Gasteiger partial charge in [0.25, 0.3) is 0 Å². The van der Waals surface area contributed by atoms with Crippen LogP contribution in [0.1, 0.15) is 24.9 Å². The van der Waals surface area contributed by atoms with Gasteiger partial charge in [0.2, 0.25) is 0 Å². The first-order valence-corrected chi connectivity index (χ1v) is 6.83. The van der Waals surface area contributed by atoms with Gasteiger partial charge in [0, 0.05) is 18.3 Å². The minimum Gasteiger partial charge on any atom is -0.309 e. The maximum atomic E-state index is 5.20. The van der Waals surface area contributed by atoms with Crippen molar-refractivity contribution < 1.29 is 0 Å². The van der Waals surface area contributed by atoms with Crippen molar-refractivity contribution in [2.75, 3.05) is 18.1 Å². The number of nitrogens with one attached hydrogen (secondary N) is 1. The van der Waals surface area contributed by atoms with Crippen molar-refractivity contribution in [2.45, 2.75) is 19.4 Å². The van der Waals surface area contributed by atoms with E-state index in [0.717, 1.165) is 24.5 Å². The summed E-state index contributed by atoms with van der Waals surface area (Å²) in [6, 6.07) is 11.1. The van der Waals surface area contributed by atoms with Gasteiger partial charge < -0.3 is 5.32 Å². The minimum atomic E-state index is 0.465. The topological polar surface area (TPSA) is 12.0 Å². The van der Waals surface area contributed by atoms with Crippen LogP contribution >= 0.6 is 11.8 Å². The van der Waals surface area contributed by atoms with Crippen LogP contribution in [0, 0.1) is 12.3 Å². The molecule has 0 saturated heterocycles. The van der Waals surface area contributed by atoms with Crippen molar-refractivity contribution >= 4 is 11.8 Å². The molecule has 0 fully saturated rings. The molecule has 2 heteroatoms. The zero-order valence-electron chi connectivity index (χ0n) is 9.78. The van der Waals surface area contributed by atoms with Gasteiger partial charge in [-0.05, 0) is 12.0 Å². The Morgan fingerprint density at radius 1 is 1.38 bits per heavy atom. The van der Waals surface area contributed by atoms with Crippen LogP contribution in [0.4, 0.5) is 0 Å². The Balaban J connectivity index is 2.31. The predicted molar refractivity (Wildman–Crippen MR) is 73.6 cm³/mol. The van der Waals surface area contributed by atoms with Crippen LogP contribution in [-0.2, 0) is 0 Å². The van der Waals surface area contributed by atoms with Gasteiger partial charge in [0.15, 0.2) is 0 Å². The molecule has 1 aromatic rings. The number of rotatable bonds is 7. The molecule has 0 saturated carbocycles. The zero-order chi connectivity index (χ0) is 11.6. The molecule has 0 heterocycles. The lowest BCUT2D eigenvalue weighted by Crippen LogP contribution is -2.23. The summed E-state index contributed by atoms with van der Waals surface area (Å²) in [7, 11) is 0.